The molecule has 4 aromatic carbocycles. The second-order valence-corrected chi connectivity index (χ2v) is 12.5. The molecule has 41 heavy (non-hydrogen) atoms. The van der Waals surface area contributed by atoms with Gasteiger partial charge in [0.25, 0.3) is 0 Å². The van der Waals surface area contributed by atoms with Crippen LogP contribution in [0.25, 0.3) is 32.9 Å². The van der Waals surface area contributed by atoms with Crippen LogP contribution in [-0.4, -0.2) is 41.5 Å². The molecule has 0 aliphatic rings. The van der Waals surface area contributed by atoms with Crippen LogP contribution >= 0.6 is 0 Å². The molecule has 0 fully saturated rings. The zero-order valence-corrected chi connectivity index (χ0v) is 23.6. The minimum atomic E-state index is -2.97. The third-order valence-corrected chi connectivity index (χ3v) is 8.05. The highest BCUT2D eigenvalue weighted by Gasteiger charge is 2.09. The van der Waals surface area contributed by atoms with Crippen molar-refractivity contribution >= 4 is 43.1 Å². The largest absolute Gasteiger partial charge is 0.343 e. The lowest BCUT2D eigenvalue weighted by molar-refractivity contribution is 0.596. The third-order valence-electron chi connectivity index (χ3n) is 7.11. The number of rotatable bonds is 10. The predicted molar refractivity (Wildman–Crippen MR) is 167 cm³/mol. The van der Waals surface area contributed by atoms with Crippen molar-refractivity contribution in [2.24, 2.45) is 0 Å². The number of nitrogens with zero attached hydrogens (tertiary/aromatic N) is 3. The summed E-state index contributed by atoms with van der Waals surface area (Å²) in [7, 11) is -2.97. The Hall–Kier alpha value is -4.53. The van der Waals surface area contributed by atoms with Crippen LogP contribution in [0, 0.1) is 0 Å². The van der Waals surface area contributed by atoms with E-state index in [-0.39, 0.29) is 5.75 Å². The van der Waals surface area contributed by atoms with E-state index in [2.05, 4.69) is 110 Å². The molecule has 8 heteroatoms. The van der Waals surface area contributed by atoms with Gasteiger partial charge in [0.1, 0.15) is 22.0 Å². The van der Waals surface area contributed by atoms with Crippen molar-refractivity contribution in [3.05, 3.63) is 121 Å². The Morgan fingerprint density at radius 1 is 0.805 bits per heavy atom. The lowest BCUT2D eigenvalue weighted by Gasteiger charge is -2.11. The molecule has 0 aliphatic carbocycles. The monoisotopic (exact) mass is 561 g/mol. The smallest absolute Gasteiger partial charge is 0.148 e. The average Bonchev–Trinajstić information content (AvgIpc) is 3.37. The highest BCUT2D eigenvalue weighted by atomic mass is 32.2. The highest BCUT2D eigenvalue weighted by molar-refractivity contribution is 7.90. The summed E-state index contributed by atoms with van der Waals surface area (Å²) in [5.41, 5.74) is 7.50. The quantitative estimate of drug-likeness (QED) is 0.194. The summed E-state index contributed by atoms with van der Waals surface area (Å²) < 4.78 is 25.0. The van der Waals surface area contributed by atoms with Gasteiger partial charge in [0.05, 0.1) is 11.3 Å². The summed E-state index contributed by atoms with van der Waals surface area (Å²) in [5.74, 6) is 0.885. The molecular formula is C33H31N5O2S. The molecule has 0 bridgehead atoms. The highest BCUT2D eigenvalue weighted by Crippen LogP contribution is 2.30. The molecule has 2 heterocycles. The van der Waals surface area contributed by atoms with E-state index >= 15 is 0 Å². The van der Waals surface area contributed by atoms with Gasteiger partial charge in [0, 0.05) is 54.1 Å². The van der Waals surface area contributed by atoms with E-state index in [4.69, 9.17) is 0 Å². The molecule has 2 aromatic heterocycles. The van der Waals surface area contributed by atoms with Crippen molar-refractivity contribution in [3.63, 3.8) is 0 Å². The average molecular weight is 562 g/mol. The van der Waals surface area contributed by atoms with E-state index in [9.17, 15) is 8.42 Å². The fourth-order valence-electron chi connectivity index (χ4n) is 5.02. The zero-order chi connectivity index (χ0) is 28.2. The Kier molecular flexibility index (Phi) is 7.50. The minimum Gasteiger partial charge on any atom is -0.343 e. The van der Waals surface area contributed by atoms with Gasteiger partial charge < -0.3 is 15.2 Å². The van der Waals surface area contributed by atoms with Gasteiger partial charge in [0.15, 0.2) is 0 Å². The maximum absolute atomic E-state index is 11.4. The molecule has 0 spiro atoms. The van der Waals surface area contributed by atoms with E-state index in [0.717, 1.165) is 51.0 Å². The lowest BCUT2D eigenvalue weighted by Crippen LogP contribution is -2.21. The molecule has 6 rings (SSSR count). The van der Waals surface area contributed by atoms with Gasteiger partial charge in [-0.1, -0.05) is 54.6 Å². The van der Waals surface area contributed by atoms with Gasteiger partial charge in [-0.2, -0.15) is 0 Å². The number of hydrogen-bond acceptors (Lipinski definition) is 6. The number of anilines is 2. The summed E-state index contributed by atoms with van der Waals surface area (Å²) >= 11 is 0. The first-order valence-corrected chi connectivity index (χ1v) is 15.6. The summed E-state index contributed by atoms with van der Waals surface area (Å²) in [6.07, 6.45) is 4.97. The summed E-state index contributed by atoms with van der Waals surface area (Å²) in [4.78, 5) is 9.09. The van der Waals surface area contributed by atoms with Crippen molar-refractivity contribution in [2.45, 2.75) is 13.1 Å². The lowest BCUT2D eigenvalue weighted by atomic mass is 10.0. The molecule has 0 saturated heterocycles. The van der Waals surface area contributed by atoms with Crippen molar-refractivity contribution in [1.82, 2.24) is 19.9 Å². The summed E-state index contributed by atoms with van der Waals surface area (Å²) in [5, 5.41) is 8.81. The molecule has 0 amide bonds. The van der Waals surface area contributed by atoms with Crippen LogP contribution in [0.4, 0.5) is 11.5 Å². The Balaban J connectivity index is 1.19. The van der Waals surface area contributed by atoms with Crippen molar-refractivity contribution in [1.29, 1.82) is 0 Å². The van der Waals surface area contributed by atoms with E-state index < -0.39 is 9.84 Å². The molecule has 0 saturated carbocycles. The van der Waals surface area contributed by atoms with Crippen LogP contribution in [-0.2, 0) is 22.9 Å². The number of sulfone groups is 1. The van der Waals surface area contributed by atoms with Crippen LogP contribution in [0.1, 0.15) is 11.1 Å². The molecule has 206 valence electrons. The van der Waals surface area contributed by atoms with Crippen LogP contribution in [0.2, 0.25) is 0 Å². The Morgan fingerprint density at radius 2 is 1.63 bits per heavy atom. The summed E-state index contributed by atoms with van der Waals surface area (Å²) in [6.45, 7) is 1.87. The SMILES string of the molecule is CS(=O)(=O)CCNCc1cccc(-c2ccc3c(Nc4ccc5c(ccn5Cc5ccccc5)c4)ncnc3c2)c1. The second kappa shape index (κ2) is 11.5. The predicted octanol–water partition coefficient (Wildman–Crippen LogP) is 6.18. The van der Waals surface area contributed by atoms with Gasteiger partial charge in [-0.05, 0) is 64.7 Å². The second-order valence-electron chi connectivity index (χ2n) is 10.3. The molecule has 7 nitrogen and oxygen atoms in total. The number of nitrogens with one attached hydrogen (secondary N) is 2. The third kappa shape index (κ3) is 6.45. The Bertz CT molecular complexity index is 1930. The Morgan fingerprint density at radius 3 is 2.49 bits per heavy atom. The maximum Gasteiger partial charge on any atom is 0.148 e. The first-order valence-electron chi connectivity index (χ1n) is 13.5. The maximum atomic E-state index is 11.4. The van der Waals surface area contributed by atoms with Crippen LogP contribution in [0.5, 0.6) is 0 Å². The van der Waals surface area contributed by atoms with E-state index in [1.54, 1.807) is 6.33 Å². The molecule has 6 aromatic rings. The van der Waals surface area contributed by atoms with Gasteiger partial charge in [-0.3, -0.25) is 0 Å². The van der Waals surface area contributed by atoms with Crippen molar-refractivity contribution in [2.75, 3.05) is 23.9 Å². The van der Waals surface area contributed by atoms with Crippen molar-refractivity contribution in [3.8, 4) is 11.1 Å². The van der Waals surface area contributed by atoms with E-state index in [1.165, 1.54) is 17.3 Å². The van der Waals surface area contributed by atoms with Crippen LogP contribution < -0.4 is 10.6 Å². The molecule has 2 N–H and O–H groups in total. The molecule has 0 unspecified atom stereocenters. The number of hydrogen-bond donors (Lipinski definition) is 2. The first-order chi connectivity index (χ1) is 19.9. The number of aromatic nitrogens is 3. The molecule has 0 radical (unpaired) electrons. The van der Waals surface area contributed by atoms with Crippen LogP contribution in [0.15, 0.2) is 110 Å². The molecular weight excluding hydrogens is 530 g/mol. The van der Waals surface area contributed by atoms with Gasteiger partial charge in [0.2, 0.25) is 0 Å². The standard InChI is InChI=1S/C33H31N5O2S/c1-41(39,40)17-15-34-21-25-8-5-9-26(18-25)27-10-12-30-31(20-27)35-23-36-33(30)37-29-11-13-32-28(19-29)14-16-38(32)22-24-6-3-2-4-7-24/h2-14,16,18-20,23,34H,15,17,21-22H2,1H3,(H,35,36,37). The Labute approximate surface area is 239 Å². The van der Waals surface area contributed by atoms with Gasteiger partial charge in [-0.25, -0.2) is 18.4 Å². The normalized spacial score (nSPS) is 11.7. The van der Waals surface area contributed by atoms with E-state index in [1.807, 2.05) is 18.2 Å². The fourth-order valence-corrected chi connectivity index (χ4v) is 5.54. The minimum absolute atomic E-state index is 0.127. The molecule has 0 aliphatic heterocycles. The zero-order valence-electron chi connectivity index (χ0n) is 22.8. The number of fused-ring (bicyclic) bond motifs is 2. The number of benzene rings is 4. The van der Waals surface area contributed by atoms with Gasteiger partial charge >= 0.3 is 0 Å². The summed E-state index contributed by atoms with van der Waals surface area (Å²) in [6, 6.07) is 33.4. The fraction of sp³-hybridized carbons (Fsp3) is 0.152. The molecule has 0 atom stereocenters. The van der Waals surface area contributed by atoms with Crippen LogP contribution in [0.3, 0.4) is 0 Å². The first kappa shape index (κ1) is 26.7. The van der Waals surface area contributed by atoms with E-state index in [0.29, 0.717) is 13.1 Å². The van der Waals surface area contributed by atoms with Crippen molar-refractivity contribution < 1.29 is 8.42 Å². The van der Waals surface area contributed by atoms with Gasteiger partial charge in [-0.15, -0.1) is 0 Å². The topological polar surface area (TPSA) is 88.9 Å².